The molecule has 0 saturated heterocycles. The Morgan fingerprint density at radius 1 is 1.11 bits per heavy atom. The van der Waals surface area contributed by atoms with E-state index in [1.165, 1.54) is 18.2 Å². The molecule has 2 aromatic carbocycles. The lowest BCUT2D eigenvalue weighted by atomic mass is 10.1. The molecule has 0 saturated carbocycles. The molecule has 0 fully saturated rings. The van der Waals surface area contributed by atoms with Crippen LogP contribution >= 0.6 is 0 Å². The minimum Gasteiger partial charge on any atom is -0.455 e. The summed E-state index contributed by atoms with van der Waals surface area (Å²) in [6.07, 6.45) is 0.610. The standard InChI is InChI=1S/C14H14FNO2/c15-11-3-6-14(13(16)9-11)18-12-4-1-10(2-5-12)7-8-17/h1-6,9,17H,7-8,16H2. The minimum atomic E-state index is -0.391. The van der Waals surface area contributed by atoms with E-state index in [2.05, 4.69) is 0 Å². The summed E-state index contributed by atoms with van der Waals surface area (Å²) >= 11 is 0. The van der Waals surface area contributed by atoms with Crippen molar-refractivity contribution in [2.75, 3.05) is 12.3 Å². The van der Waals surface area contributed by atoms with Crippen LogP contribution in [0.1, 0.15) is 5.56 Å². The molecule has 0 aliphatic heterocycles. The van der Waals surface area contributed by atoms with Crippen LogP contribution in [-0.4, -0.2) is 11.7 Å². The topological polar surface area (TPSA) is 55.5 Å². The molecular weight excluding hydrogens is 233 g/mol. The maximum Gasteiger partial charge on any atom is 0.150 e. The molecule has 0 aliphatic carbocycles. The second-order valence-electron chi connectivity index (χ2n) is 3.90. The van der Waals surface area contributed by atoms with Gasteiger partial charge in [0.25, 0.3) is 0 Å². The minimum absolute atomic E-state index is 0.116. The van der Waals surface area contributed by atoms with Gasteiger partial charge < -0.3 is 15.6 Å². The Morgan fingerprint density at radius 3 is 2.44 bits per heavy atom. The van der Waals surface area contributed by atoms with Gasteiger partial charge in [0, 0.05) is 12.7 Å². The highest BCUT2D eigenvalue weighted by molar-refractivity contribution is 5.53. The molecule has 0 unspecified atom stereocenters. The Bertz CT molecular complexity index is 526. The van der Waals surface area contributed by atoms with Gasteiger partial charge in [0.05, 0.1) is 5.69 Å². The average Bonchev–Trinajstić information content (AvgIpc) is 2.35. The first kappa shape index (κ1) is 12.4. The van der Waals surface area contributed by atoms with Gasteiger partial charge in [-0.05, 0) is 36.2 Å². The molecule has 0 amide bonds. The summed E-state index contributed by atoms with van der Waals surface area (Å²) in [6.45, 7) is 0.116. The number of anilines is 1. The zero-order valence-corrected chi connectivity index (χ0v) is 9.77. The number of hydrogen-bond donors (Lipinski definition) is 2. The van der Waals surface area contributed by atoms with Gasteiger partial charge in [-0.1, -0.05) is 12.1 Å². The van der Waals surface area contributed by atoms with E-state index in [1.54, 1.807) is 12.1 Å². The van der Waals surface area contributed by atoms with Gasteiger partial charge in [0.2, 0.25) is 0 Å². The van der Waals surface area contributed by atoms with Crippen LogP contribution in [0, 0.1) is 5.82 Å². The fourth-order valence-electron chi connectivity index (χ4n) is 1.59. The summed E-state index contributed by atoms with van der Waals surface area (Å²) in [6, 6.07) is 11.3. The van der Waals surface area contributed by atoms with E-state index in [-0.39, 0.29) is 12.3 Å². The largest absolute Gasteiger partial charge is 0.455 e. The number of halogens is 1. The van der Waals surface area contributed by atoms with Crippen LogP contribution in [0.25, 0.3) is 0 Å². The quantitative estimate of drug-likeness (QED) is 0.817. The average molecular weight is 247 g/mol. The van der Waals surface area contributed by atoms with Crippen LogP contribution in [0.5, 0.6) is 11.5 Å². The number of nitrogen functional groups attached to an aromatic ring is 1. The van der Waals surface area contributed by atoms with Crippen LogP contribution in [0.15, 0.2) is 42.5 Å². The summed E-state index contributed by atoms with van der Waals surface area (Å²) in [7, 11) is 0. The van der Waals surface area contributed by atoms with Crippen molar-refractivity contribution in [2.24, 2.45) is 0 Å². The Hall–Kier alpha value is -2.07. The van der Waals surface area contributed by atoms with E-state index >= 15 is 0 Å². The van der Waals surface area contributed by atoms with Crippen molar-refractivity contribution in [3.05, 3.63) is 53.8 Å². The smallest absolute Gasteiger partial charge is 0.150 e. The first-order chi connectivity index (χ1) is 8.69. The highest BCUT2D eigenvalue weighted by Crippen LogP contribution is 2.27. The number of benzene rings is 2. The molecule has 0 spiro atoms. The third-order valence-corrected chi connectivity index (χ3v) is 2.52. The molecule has 2 rings (SSSR count). The number of aliphatic hydroxyl groups is 1. The molecule has 0 atom stereocenters. The van der Waals surface area contributed by atoms with Crippen molar-refractivity contribution in [3.63, 3.8) is 0 Å². The van der Waals surface area contributed by atoms with Crippen LogP contribution in [0.3, 0.4) is 0 Å². The molecule has 0 heterocycles. The summed E-state index contributed by atoms with van der Waals surface area (Å²) in [5.41, 5.74) is 6.93. The van der Waals surface area contributed by atoms with Gasteiger partial charge >= 0.3 is 0 Å². The van der Waals surface area contributed by atoms with E-state index in [0.717, 1.165) is 5.56 Å². The maximum atomic E-state index is 12.9. The third-order valence-electron chi connectivity index (χ3n) is 2.52. The number of rotatable bonds is 4. The predicted molar refractivity (Wildman–Crippen MR) is 68.1 cm³/mol. The Labute approximate surface area is 105 Å². The molecule has 0 radical (unpaired) electrons. The van der Waals surface area contributed by atoms with E-state index in [4.69, 9.17) is 15.6 Å². The summed E-state index contributed by atoms with van der Waals surface area (Å²) < 4.78 is 18.4. The zero-order valence-electron chi connectivity index (χ0n) is 9.77. The van der Waals surface area contributed by atoms with Gasteiger partial charge in [-0.25, -0.2) is 4.39 Å². The monoisotopic (exact) mass is 247 g/mol. The predicted octanol–water partition coefficient (Wildman–Crippen LogP) is 2.74. The molecule has 3 N–H and O–H groups in total. The summed E-state index contributed by atoms with van der Waals surface area (Å²) in [4.78, 5) is 0. The number of hydrogen-bond acceptors (Lipinski definition) is 3. The fourth-order valence-corrected chi connectivity index (χ4v) is 1.59. The molecule has 0 aromatic heterocycles. The van der Waals surface area contributed by atoms with Gasteiger partial charge in [-0.3, -0.25) is 0 Å². The molecule has 0 aliphatic rings. The zero-order chi connectivity index (χ0) is 13.0. The van der Waals surface area contributed by atoms with Crippen molar-refractivity contribution in [2.45, 2.75) is 6.42 Å². The van der Waals surface area contributed by atoms with Crippen LogP contribution < -0.4 is 10.5 Å². The van der Waals surface area contributed by atoms with Gasteiger partial charge in [0.1, 0.15) is 11.6 Å². The third kappa shape index (κ3) is 2.99. The number of nitrogens with two attached hydrogens (primary N) is 1. The summed E-state index contributed by atoms with van der Waals surface area (Å²) in [5.74, 6) is 0.652. The van der Waals surface area contributed by atoms with Crippen LogP contribution in [0.2, 0.25) is 0 Å². The van der Waals surface area contributed by atoms with Gasteiger partial charge in [-0.2, -0.15) is 0 Å². The van der Waals surface area contributed by atoms with Crippen molar-refractivity contribution in [1.82, 2.24) is 0 Å². The highest BCUT2D eigenvalue weighted by Gasteiger charge is 2.03. The highest BCUT2D eigenvalue weighted by atomic mass is 19.1. The lowest BCUT2D eigenvalue weighted by molar-refractivity contribution is 0.299. The lowest BCUT2D eigenvalue weighted by Gasteiger charge is -2.08. The Balaban J connectivity index is 2.13. The van der Waals surface area contributed by atoms with E-state index in [9.17, 15) is 4.39 Å². The second-order valence-corrected chi connectivity index (χ2v) is 3.90. The first-order valence-corrected chi connectivity index (χ1v) is 5.62. The fraction of sp³-hybridized carbons (Fsp3) is 0.143. The first-order valence-electron chi connectivity index (χ1n) is 5.62. The maximum absolute atomic E-state index is 12.9. The van der Waals surface area contributed by atoms with E-state index in [1.807, 2.05) is 12.1 Å². The van der Waals surface area contributed by atoms with Crippen molar-refractivity contribution < 1.29 is 14.2 Å². The van der Waals surface area contributed by atoms with Crippen molar-refractivity contribution >= 4 is 5.69 Å². The van der Waals surface area contributed by atoms with Gasteiger partial charge in [-0.15, -0.1) is 0 Å². The lowest BCUT2D eigenvalue weighted by Crippen LogP contribution is -1.94. The Kier molecular flexibility index (Phi) is 3.79. The van der Waals surface area contributed by atoms with Crippen LogP contribution in [0.4, 0.5) is 10.1 Å². The molecule has 3 nitrogen and oxygen atoms in total. The molecule has 18 heavy (non-hydrogen) atoms. The van der Waals surface area contributed by atoms with Crippen molar-refractivity contribution in [3.8, 4) is 11.5 Å². The summed E-state index contributed by atoms with van der Waals surface area (Å²) in [5, 5.41) is 8.80. The number of aliphatic hydroxyl groups excluding tert-OH is 1. The number of ether oxygens (including phenoxy) is 1. The SMILES string of the molecule is Nc1cc(F)ccc1Oc1ccc(CCO)cc1. The van der Waals surface area contributed by atoms with Crippen molar-refractivity contribution in [1.29, 1.82) is 0 Å². The van der Waals surface area contributed by atoms with E-state index < -0.39 is 5.82 Å². The van der Waals surface area contributed by atoms with Gasteiger partial charge in [0.15, 0.2) is 5.75 Å². The van der Waals surface area contributed by atoms with Crippen LogP contribution in [-0.2, 0) is 6.42 Å². The molecule has 0 bridgehead atoms. The van der Waals surface area contributed by atoms with E-state index in [0.29, 0.717) is 17.9 Å². The molecule has 2 aromatic rings. The Morgan fingerprint density at radius 2 is 1.83 bits per heavy atom. The molecule has 4 heteroatoms. The normalized spacial score (nSPS) is 10.3. The second kappa shape index (κ2) is 5.51. The molecular formula is C14H14FNO2. The molecule has 94 valence electrons.